The summed E-state index contributed by atoms with van der Waals surface area (Å²) in [6.07, 6.45) is 7.41. The molecule has 0 saturated carbocycles. The molecule has 0 heterocycles. The summed E-state index contributed by atoms with van der Waals surface area (Å²) in [5.74, 6) is 0.538. The number of hydrogen-bond donors (Lipinski definition) is 0. The van der Waals surface area contributed by atoms with Crippen LogP contribution < -0.4 is 24.8 Å². The van der Waals surface area contributed by atoms with E-state index in [1.54, 1.807) is 22.3 Å². The maximum atomic E-state index is 2.61. The first kappa shape index (κ1) is 33.4. The minimum Gasteiger partial charge on any atom is -1.00 e. The van der Waals surface area contributed by atoms with E-state index in [9.17, 15) is 0 Å². The number of hydrogen-bond acceptors (Lipinski definition) is 0. The number of aryl methyl sites for hydroxylation is 2. The fourth-order valence-electron chi connectivity index (χ4n) is 7.10. The van der Waals surface area contributed by atoms with E-state index >= 15 is 0 Å². The van der Waals surface area contributed by atoms with Crippen LogP contribution in [-0.2, 0) is 29.7 Å². The van der Waals surface area contributed by atoms with Crippen molar-refractivity contribution in [2.75, 3.05) is 0 Å². The van der Waals surface area contributed by atoms with Crippen molar-refractivity contribution < 1.29 is 48.0 Å². The Bertz CT molecular complexity index is 1820. The van der Waals surface area contributed by atoms with Crippen molar-refractivity contribution in [1.82, 2.24) is 0 Å². The molecule has 0 spiro atoms. The zero-order valence-electron chi connectivity index (χ0n) is 26.1. The van der Waals surface area contributed by atoms with Crippen molar-refractivity contribution in [1.29, 1.82) is 0 Å². The summed E-state index contributed by atoms with van der Waals surface area (Å²) in [6.45, 7) is 7.16. The third-order valence-electron chi connectivity index (χ3n) is 9.30. The molecular weight excluding hydrogens is 667 g/mol. The average molecular weight is 705 g/mol. The zero-order chi connectivity index (χ0) is 29.3. The minimum atomic E-state index is -1.03. The van der Waals surface area contributed by atoms with Gasteiger partial charge in [0.15, 0.2) is 0 Å². The molecule has 7 rings (SSSR count). The van der Waals surface area contributed by atoms with E-state index in [0.717, 1.165) is 12.8 Å². The molecule has 5 aromatic rings. The largest absolute Gasteiger partial charge is 1.00 e. The molecule has 0 N–H and O–H groups in total. The summed E-state index contributed by atoms with van der Waals surface area (Å²) in [6, 6.07) is 44.8. The fourth-order valence-corrected chi connectivity index (χ4v) is 12.9. The summed E-state index contributed by atoms with van der Waals surface area (Å²) in [7, 11) is 0. The van der Waals surface area contributed by atoms with Gasteiger partial charge in [0.1, 0.15) is 0 Å². The normalized spacial score (nSPS) is 16.1. The van der Waals surface area contributed by atoms with Crippen LogP contribution in [0, 0.1) is 12.8 Å². The molecule has 2 unspecified atom stereocenters. The Kier molecular flexibility index (Phi) is 10.9. The minimum absolute atomic E-state index is 0. The molecular formula is C42H38Cl2Zr. The Hall–Kier alpha value is -2.96. The van der Waals surface area contributed by atoms with Crippen LogP contribution in [0.4, 0.5) is 0 Å². The average Bonchev–Trinajstić information content (AvgIpc) is 3.61. The van der Waals surface area contributed by atoms with Crippen molar-refractivity contribution in [2.45, 2.75) is 40.9 Å². The van der Waals surface area contributed by atoms with Crippen LogP contribution in [-0.4, -0.2) is 0 Å². The van der Waals surface area contributed by atoms with Crippen LogP contribution in [0.3, 0.4) is 0 Å². The van der Waals surface area contributed by atoms with E-state index < -0.39 is 23.2 Å². The predicted molar refractivity (Wildman–Crippen MR) is 180 cm³/mol. The second-order valence-corrected chi connectivity index (χ2v) is 16.0. The van der Waals surface area contributed by atoms with Crippen LogP contribution in [0.25, 0.3) is 34.4 Å². The van der Waals surface area contributed by atoms with Crippen LogP contribution in [0.15, 0.2) is 132 Å². The van der Waals surface area contributed by atoms with Crippen molar-refractivity contribution in [2.24, 2.45) is 5.92 Å². The van der Waals surface area contributed by atoms with Crippen LogP contribution in [0.5, 0.6) is 0 Å². The van der Waals surface area contributed by atoms with Gasteiger partial charge in [-0.2, -0.15) is 0 Å². The van der Waals surface area contributed by atoms with Gasteiger partial charge in [-0.15, -0.1) is 0 Å². The van der Waals surface area contributed by atoms with E-state index in [1.807, 2.05) is 0 Å². The van der Waals surface area contributed by atoms with Crippen molar-refractivity contribution in [3.05, 3.63) is 166 Å². The summed E-state index contributed by atoms with van der Waals surface area (Å²) in [5.41, 5.74) is 17.8. The van der Waals surface area contributed by atoms with E-state index in [4.69, 9.17) is 0 Å². The summed E-state index contributed by atoms with van der Waals surface area (Å²) in [4.78, 5) is 0. The monoisotopic (exact) mass is 702 g/mol. The molecule has 0 amide bonds. The quantitative estimate of drug-likeness (QED) is 0.206. The molecule has 0 nitrogen and oxygen atoms in total. The van der Waals surface area contributed by atoms with Gasteiger partial charge in [-0.3, -0.25) is 0 Å². The molecule has 0 aromatic heterocycles. The maximum Gasteiger partial charge on any atom is -1.00 e. The molecule has 2 aliphatic carbocycles. The van der Waals surface area contributed by atoms with E-state index in [-0.39, 0.29) is 24.8 Å². The smallest absolute Gasteiger partial charge is 1.00 e. The number of halogens is 2. The Balaban J connectivity index is 0.00000200. The Labute approximate surface area is 293 Å². The first-order valence-electron chi connectivity index (χ1n) is 15.7. The standard InChI is InChI=1S/C24H21.C18H17.2ClH.Zr/c1-18-12-15-22(21-10-6-3-7-11-21)24-17-20(16-23(18)24)14-13-19-8-4-2-5-9-19;1-13(2)16-11-15-9-6-10-17(18(15)12-16)14-7-4-3-5-8-14;;;/h2-12,15-17H,13-14H2,1H3;3-13H,1-2H3;2*1H;/q;;;;+2/p-2. The molecule has 0 fully saturated rings. The second-order valence-electron chi connectivity index (χ2n) is 12.3. The first-order valence-corrected chi connectivity index (χ1v) is 18.5. The van der Waals surface area contributed by atoms with Gasteiger partial charge < -0.3 is 24.8 Å². The summed E-state index contributed by atoms with van der Waals surface area (Å²) >= 11 is -1.03. The number of allylic oxidation sites excluding steroid dienone is 2. The zero-order valence-corrected chi connectivity index (χ0v) is 30.1. The first-order chi connectivity index (χ1) is 21.1. The molecule has 45 heavy (non-hydrogen) atoms. The third kappa shape index (κ3) is 6.64. The Morgan fingerprint density at radius 3 is 1.80 bits per heavy atom. The predicted octanol–water partition coefficient (Wildman–Crippen LogP) is 5.28. The van der Waals surface area contributed by atoms with Crippen molar-refractivity contribution >= 4 is 12.2 Å². The van der Waals surface area contributed by atoms with Crippen LogP contribution in [0.2, 0.25) is 0 Å². The molecule has 224 valence electrons. The second kappa shape index (κ2) is 14.6. The molecule has 0 saturated heterocycles. The summed E-state index contributed by atoms with van der Waals surface area (Å²) in [5, 5.41) is 0. The van der Waals surface area contributed by atoms with Gasteiger partial charge in [-0.25, -0.2) is 0 Å². The molecule has 3 heteroatoms. The third-order valence-corrected chi connectivity index (χ3v) is 14.1. The number of rotatable bonds is 8. The number of benzene rings is 5. The fraction of sp³-hybridized carbons (Fsp3) is 0.190. The Morgan fingerprint density at radius 1 is 0.578 bits per heavy atom. The van der Waals surface area contributed by atoms with E-state index in [0.29, 0.717) is 13.2 Å². The van der Waals surface area contributed by atoms with E-state index in [2.05, 4.69) is 154 Å². The van der Waals surface area contributed by atoms with Gasteiger partial charge in [-0.1, -0.05) is 0 Å². The molecule has 2 aliphatic rings. The molecule has 0 bridgehead atoms. The molecule has 0 radical (unpaired) electrons. The van der Waals surface area contributed by atoms with Gasteiger partial charge in [-0.05, 0) is 0 Å². The maximum absolute atomic E-state index is 2.61. The van der Waals surface area contributed by atoms with Gasteiger partial charge in [0.05, 0.1) is 0 Å². The van der Waals surface area contributed by atoms with Crippen molar-refractivity contribution in [3.8, 4) is 22.3 Å². The number of fused-ring (bicyclic) bond motifs is 2. The van der Waals surface area contributed by atoms with Gasteiger partial charge in [0.25, 0.3) is 0 Å². The Morgan fingerprint density at radius 2 is 1.18 bits per heavy atom. The van der Waals surface area contributed by atoms with Crippen LogP contribution >= 0.6 is 0 Å². The SMILES string of the molecule is Cc1ccc(-c2ccccc2)c2c1[CH]([Zr+2][CH]1C(C(C)C)=Cc3c(-c4ccccc4)cccc31)C(CCc1ccccc1)=C2.[Cl-].[Cl-]. The molecule has 2 atom stereocenters. The molecule has 5 aromatic carbocycles. The van der Waals surface area contributed by atoms with Gasteiger partial charge in [0.2, 0.25) is 0 Å². The van der Waals surface area contributed by atoms with Gasteiger partial charge >= 0.3 is 270 Å². The topological polar surface area (TPSA) is 0 Å². The molecule has 0 aliphatic heterocycles. The van der Waals surface area contributed by atoms with Gasteiger partial charge in [0, 0.05) is 0 Å². The summed E-state index contributed by atoms with van der Waals surface area (Å²) < 4.78 is 1.16. The van der Waals surface area contributed by atoms with Crippen molar-refractivity contribution in [3.63, 3.8) is 0 Å². The van der Waals surface area contributed by atoms with E-state index in [1.165, 1.54) is 44.5 Å². The van der Waals surface area contributed by atoms with Crippen LogP contribution in [0.1, 0.15) is 60.9 Å².